The highest BCUT2D eigenvalue weighted by Crippen LogP contribution is 2.57. The van der Waals surface area contributed by atoms with Crippen molar-refractivity contribution in [2.75, 3.05) is 29.6 Å². The van der Waals surface area contributed by atoms with Gasteiger partial charge in [0.15, 0.2) is 0 Å². The lowest BCUT2D eigenvalue weighted by molar-refractivity contribution is -0.124. The molecule has 3 heterocycles. The molecule has 30 heavy (non-hydrogen) atoms. The highest BCUT2D eigenvalue weighted by Gasteiger charge is 2.63. The largest absolute Gasteiger partial charge is 0.295 e. The number of hydrogen-bond donors (Lipinski definition) is 0. The quantitative estimate of drug-likeness (QED) is 0.750. The monoisotopic (exact) mass is 421 g/mol. The second kappa shape index (κ2) is 7.43. The molecule has 3 aliphatic heterocycles. The van der Waals surface area contributed by atoms with Crippen molar-refractivity contribution < 1.29 is 9.59 Å². The molecule has 2 saturated heterocycles. The first kappa shape index (κ1) is 19.6. The van der Waals surface area contributed by atoms with E-state index in [0.717, 1.165) is 48.8 Å². The number of amides is 2. The summed E-state index contributed by atoms with van der Waals surface area (Å²) < 4.78 is 0. The first-order valence-electron chi connectivity index (χ1n) is 10.7. The molecule has 0 saturated carbocycles. The molecule has 0 aromatic heterocycles. The average molecular weight is 422 g/mol. The SMILES string of the molecule is CC1CCN(CN2C(=O)[C@@]3(S[C@H](C)C(=O)N3c3ccccc3)c3ccccc32)CC1. The maximum Gasteiger partial charge on any atom is 0.269 e. The summed E-state index contributed by atoms with van der Waals surface area (Å²) in [6, 6.07) is 17.6. The third kappa shape index (κ3) is 2.88. The summed E-state index contributed by atoms with van der Waals surface area (Å²) in [6.07, 6.45) is 2.32. The number of thioether (sulfide) groups is 1. The molecule has 3 aliphatic rings. The van der Waals surface area contributed by atoms with E-state index in [2.05, 4.69) is 11.8 Å². The minimum Gasteiger partial charge on any atom is -0.295 e. The van der Waals surface area contributed by atoms with Crippen molar-refractivity contribution in [3.8, 4) is 0 Å². The zero-order chi connectivity index (χ0) is 20.9. The normalized spacial score (nSPS) is 27.3. The number of nitrogens with zero attached hydrogens (tertiary/aromatic N) is 3. The van der Waals surface area contributed by atoms with Crippen LogP contribution in [0.1, 0.15) is 32.3 Å². The molecule has 0 unspecified atom stereocenters. The topological polar surface area (TPSA) is 43.9 Å². The molecule has 0 radical (unpaired) electrons. The summed E-state index contributed by atoms with van der Waals surface area (Å²) in [5.41, 5.74) is 2.62. The van der Waals surface area contributed by atoms with Crippen LogP contribution in [-0.4, -0.2) is 41.7 Å². The van der Waals surface area contributed by atoms with E-state index in [4.69, 9.17) is 0 Å². The Morgan fingerprint density at radius 1 is 0.967 bits per heavy atom. The Morgan fingerprint density at radius 2 is 1.63 bits per heavy atom. The van der Waals surface area contributed by atoms with Crippen molar-refractivity contribution in [1.29, 1.82) is 0 Å². The lowest BCUT2D eigenvalue weighted by Gasteiger charge is -2.35. The molecule has 2 aromatic carbocycles. The van der Waals surface area contributed by atoms with Crippen molar-refractivity contribution in [3.63, 3.8) is 0 Å². The van der Waals surface area contributed by atoms with Crippen LogP contribution in [0.5, 0.6) is 0 Å². The molecular formula is C24H27N3O2S. The molecule has 0 aliphatic carbocycles. The van der Waals surface area contributed by atoms with E-state index in [1.54, 1.807) is 4.90 Å². The van der Waals surface area contributed by atoms with Crippen LogP contribution >= 0.6 is 11.8 Å². The van der Waals surface area contributed by atoms with Gasteiger partial charge in [0.2, 0.25) is 10.8 Å². The van der Waals surface area contributed by atoms with E-state index in [0.29, 0.717) is 6.67 Å². The van der Waals surface area contributed by atoms with Crippen LogP contribution < -0.4 is 9.80 Å². The van der Waals surface area contributed by atoms with E-state index >= 15 is 0 Å². The Bertz CT molecular complexity index is 973. The van der Waals surface area contributed by atoms with Gasteiger partial charge in [0.05, 0.1) is 17.6 Å². The lowest BCUT2D eigenvalue weighted by Crippen LogP contribution is -2.52. The van der Waals surface area contributed by atoms with Crippen LogP contribution in [0, 0.1) is 5.92 Å². The fraction of sp³-hybridized carbons (Fsp3) is 0.417. The zero-order valence-electron chi connectivity index (χ0n) is 17.5. The highest BCUT2D eigenvalue weighted by atomic mass is 32.2. The molecule has 2 amide bonds. The van der Waals surface area contributed by atoms with Crippen molar-refractivity contribution >= 4 is 35.0 Å². The first-order chi connectivity index (χ1) is 14.5. The number of rotatable bonds is 3. The summed E-state index contributed by atoms with van der Waals surface area (Å²) in [6.45, 7) is 6.79. The third-order valence-corrected chi connectivity index (χ3v) is 8.03. The molecule has 5 nitrogen and oxygen atoms in total. The number of hydrogen-bond acceptors (Lipinski definition) is 4. The van der Waals surface area contributed by atoms with Crippen LogP contribution in [0.15, 0.2) is 54.6 Å². The molecule has 5 rings (SSSR count). The molecular weight excluding hydrogens is 394 g/mol. The van der Waals surface area contributed by atoms with Gasteiger partial charge >= 0.3 is 0 Å². The van der Waals surface area contributed by atoms with Crippen LogP contribution in [0.25, 0.3) is 0 Å². The number of benzene rings is 2. The standard InChI is InChI=1S/C24H27N3O2S/c1-17-12-14-25(15-13-17)16-26-21-11-7-6-10-20(21)24(23(26)29)27(22(28)18(2)30-24)19-8-4-3-5-9-19/h3-11,17-18H,12-16H2,1-2H3/t18-,24+/m1/s1. The van der Waals surface area contributed by atoms with Crippen LogP contribution in [-0.2, 0) is 14.5 Å². The van der Waals surface area contributed by atoms with Gasteiger partial charge in [-0.1, -0.05) is 43.3 Å². The predicted octanol–water partition coefficient (Wildman–Crippen LogP) is 4.04. The Hall–Kier alpha value is -2.31. The van der Waals surface area contributed by atoms with E-state index in [9.17, 15) is 9.59 Å². The van der Waals surface area contributed by atoms with Crippen molar-refractivity contribution in [2.24, 2.45) is 5.92 Å². The molecule has 2 fully saturated rings. The van der Waals surface area contributed by atoms with Gasteiger partial charge in [0.1, 0.15) is 0 Å². The van der Waals surface area contributed by atoms with E-state index < -0.39 is 4.87 Å². The zero-order valence-corrected chi connectivity index (χ0v) is 18.3. The number of anilines is 2. The molecule has 0 N–H and O–H groups in total. The van der Waals surface area contributed by atoms with Gasteiger partial charge in [-0.3, -0.25) is 24.3 Å². The van der Waals surface area contributed by atoms with Crippen molar-refractivity contribution in [1.82, 2.24) is 4.90 Å². The van der Waals surface area contributed by atoms with Gasteiger partial charge < -0.3 is 0 Å². The number of carbonyl (C=O) groups excluding carboxylic acids is 2. The number of likely N-dealkylation sites (tertiary alicyclic amines) is 1. The molecule has 2 aromatic rings. The second-order valence-electron chi connectivity index (χ2n) is 8.61. The smallest absolute Gasteiger partial charge is 0.269 e. The van der Waals surface area contributed by atoms with Gasteiger partial charge in [-0.15, -0.1) is 11.8 Å². The second-order valence-corrected chi connectivity index (χ2v) is 10.1. The van der Waals surface area contributed by atoms with Gasteiger partial charge in [0.25, 0.3) is 5.91 Å². The fourth-order valence-electron chi connectivity index (χ4n) is 4.86. The summed E-state index contributed by atoms with van der Waals surface area (Å²) in [4.78, 5) is 32.3. The Labute approximate surface area is 182 Å². The Balaban J connectivity index is 1.58. The first-order valence-corrected chi connectivity index (χ1v) is 11.6. The maximum atomic E-state index is 14.1. The molecule has 1 spiro atoms. The lowest BCUT2D eigenvalue weighted by atomic mass is 10.00. The van der Waals surface area contributed by atoms with Crippen molar-refractivity contribution in [2.45, 2.75) is 36.8 Å². The number of fused-ring (bicyclic) bond motifs is 2. The van der Waals surface area contributed by atoms with Crippen molar-refractivity contribution in [3.05, 3.63) is 60.2 Å². The van der Waals surface area contributed by atoms with Gasteiger partial charge in [0, 0.05) is 24.3 Å². The van der Waals surface area contributed by atoms with Gasteiger partial charge in [-0.05, 0) is 43.9 Å². The molecule has 0 bridgehead atoms. The summed E-state index contributed by atoms with van der Waals surface area (Å²) in [7, 11) is 0. The molecule has 2 atom stereocenters. The van der Waals surface area contributed by atoms with Gasteiger partial charge in [-0.25, -0.2) is 0 Å². The summed E-state index contributed by atoms with van der Waals surface area (Å²) in [5.74, 6) is 0.725. The number of carbonyl (C=O) groups is 2. The van der Waals surface area contributed by atoms with Crippen LogP contribution in [0.3, 0.4) is 0 Å². The maximum absolute atomic E-state index is 14.1. The average Bonchev–Trinajstić information content (AvgIpc) is 3.16. The fourth-order valence-corrected chi connectivity index (χ4v) is 6.39. The number of piperidine rings is 1. The predicted molar refractivity (Wildman–Crippen MR) is 121 cm³/mol. The van der Waals surface area contributed by atoms with E-state index in [1.807, 2.05) is 66.4 Å². The van der Waals surface area contributed by atoms with E-state index in [1.165, 1.54) is 11.8 Å². The minimum absolute atomic E-state index is 0.00567. The van der Waals surface area contributed by atoms with Crippen LogP contribution in [0.2, 0.25) is 0 Å². The third-order valence-electron chi connectivity index (χ3n) is 6.56. The van der Waals surface area contributed by atoms with Gasteiger partial charge in [-0.2, -0.15) is 0 Å². The minimum atomic E-state index is -1.03. The Morgan fingerprint density at radius 3 is 2.37 bits per heavy atom. The molecule has 156 valence electrons. The summed E-state index contributed by atoms with van der Waals surface area (Å²) >= 11 is 1.47. The van der Waals surface area contributed by atoms with E-state index in [-0.39, 0.29) is 17.1 Å². The molecule has 6 heteroatoms. The highest BCUT2D eigenvalue weighted by molar-refractivity contribution is 8.03. The number of para-hydroxylation sites is 2. The summed E-state index contributed by atoms with van der Waals surface area (Å²) in [5, 5.41) is -0.280. The Kier molecular flexibility index (Phi) is 4.86. The van der Waals surface area contributed by atoms with Crippen LogP contribution in [0.4, 0.5) is 11.4 Å².